The molecule has 0 aliphatic carbocycles. The molecule has 0 bridgehead atoms. The molecule has 3 aromatic rings. The average Bonchev–Trinajstić information content (AvgIpc) is 3.11. The molecule has 1 saturated heterocycles. The van der Waals surface area contributed by atoms with Crippen molar-refractivity contribution >= 4 is 17.2 Å². The van der Waals surface area contributed by atoms with Gasteiger partial charge in [0.15, 0.2) is 11.5 Å². The summed E-state index contributed by atoms with van der Waals surface area (Å²) in [6.07, 6.45) is 3.72. The Hall–Kier alpha value is -2.58. The number of aromatic nitrogens is 5. The highest BCUT2D eigenvalue weighted by Crippen LogP contribution is 2.18. The number of nitrogens with zero attached hydrogens (tertiary/aromatic N) is 5. The highest BCUT2D eigenvalue weighted by atomic mass is 16.5. The van der Waals surface area contributed by atoms with E-state index in [2.05, 4.69) is 25.9 Å². The molecule has 0 unspecified atom stereocenters. The molecule has 1 atom stereocenters. The number of hydrogen-bond acceptors (Lipinski definition) is 7. The normalized spacial score (nSPS) is 17.7. The van der Waals surface area contributed by atoms with Crippen LogP contribution in [0, 0.1) is 0 Å². The summed E-state index contributed by atoms with van der Waals surface area (Å²) in [5.41, 5.74) is 2.65. The van der Waals surface area contributed by atoms with E-state index in [4.69, 9.17) is 9.47 Å². The number of hydrogen-bond donors (Lipinski definition) is 1. The number of rotatable bonds is 6. The van der Waals surface area contributed by atoms with Gasteiger partial charge in [-0.2, -0.15) is 0 Å². The van der Waals surface area contributed by atoms with Crippen LogP contribution >= 0.6 is 0 Å². The number of ether oxygens (including phenoxy) is 2. The molecule has 0 spiro atoms. The fourth-order valence-corrected chi connectivity index (χ4v) is 2.85. The van der Waals surface area contributed by atoms with Gasteiger partial charge in [0.05, 0.1) is 19.3 Å². The van der Waals surface area contributed by atoms with Crippen molar-refractivity contribution in [2.75, 3.05) is 18.5 Å². The molecule has 0 saturated carbocycles. The molecule has 4 rings (SSSR count). The quantitative estimate of drug-likeness (QED) is 0.737. The lowest BCUT2D eigenvalue weighted by Gasteiger charge is -2.22. The fraction of sp³-hybridized carbons (Fsp3) is 0.412. The molecule has 1 aliphatic rings. The Balaban J connectivity index is 1.35. The predicted octanol–water partition coefficient (Wildman–Crippen LogP) is 2.35. The smallest absolute Gasteiger partial charge is 0.200 e. The van der Waals surface area contributed by atoms with Gasteiger partial charge in [0.25, 0.3) is 0 Å². The monoisotopic (exact) mass is 340 g/mol. The second-order valence-corrected chi connectivity index (χ2v) is 6.07. The van der Waals surface area contributed by atoms with Crippen molar-refractivity contribution in [2.24, 2.45) is 0 Å². The van der Waals surface area contributed by atoms with Gasteiger partial charge in [0, 0.05) is 12.3 Å². The average molecular weight is 340 g/mol. The van der Waals surface area contributed by atoms with Crippen molar-refractivity contribution in [1.29, 1.82) is 0 Å². The van der Waals surface area contributed by atoms with Crippen LogP contribution in [0.4, 0.5) is 11.5 Å². The molecular weight excluding hydrogens is 320 g/mol. The van der Waals surface area contributed by atoms with Gasteiger partial charge in [-0.25, -0.2) is 0 Å². The minimum Gasteiger partial charge on any atom is -0.376 e. The molecule has 130 valence electrons. The molecule has 25 heavy (non-hydrogen) atoms. The third-order valence-corrected chi connectivity index (χ3v) is 4.12. The summed E-state index contributed by atoms with van der Waals surface area (Å²) in [4.78, 5) is 0. The van der Waals surface area contributed by atoms with Crippen LogP contribution in [0.5, 0.6) is 0 Å². The highest BCUT2D eigenvalue weighted by molar-refractivity contribution is 5.57. The first-order chi connectivity index (χ1) is 12.4. The number of tetrazole rings is 1. The molecule has 3 heterocycles. The van der Waals surface area contributed by atoms with Crippen LogP contribution in [0.3, 0.4) is 0 Å². The Bertz CT molecular complexity index is 831. The number of benzene rings is 1. The molecule has 0 radical (unpaired) electrons. The van der Waals surface area contributed by atoms with Crippen LogP contribution in [-0.2, 0) is 16.1 Å². The molecule has 0 amide bonds. The molecule has 1 aromatic carbocycles. The summed E-state index contributed by atoms with van der Waals surface area (Å²) in [6, 6.07) is 11.7. The number of nitrogens with one attached hydrogen (secondary N) is 1. The highest BCUT2D eigenvalue weighted by Gasteiger charge is 2.13. The Morgan fingerprint density at radius 3 is 3.16 bits per heavy atom. The standard InChI is InChI=1S/C17H20N6O2/c1-2-9-25-15(6-1)12-24-11-13-4-3-5-14(10-13)18-16-7-8-17-19-21-22-23(17)20-16/h3-5,7-8,10,15H,1-2,6,9,11-12H2,(H,18,20)/t15-/m0/s1. The zero-order chi connectivity index (χ0) is 16.9. The first-order valence-corrected chi connectivity index (χ1v) is 8.47. The summed E-state index contributed by atoms with van der Waals surface area (Å²) in [5, 5.41) is 18.8. The zero-order valence-electron chi connectivity index (χ0n) is 13.8. The van der Waals surface area contributed by atoms with E-state index in [9.17, 15) is 0 Å². The Morgan fingerprint density at radius 2 is 2.24 bits per heavy atom. The summed E-state index contributed by atoms with van der Waals surface area (Å²) < 4.78 is 12.9. The summed E-state index contributed by atoms with van der Waals surface area (Å²) in [7, 11) is 0. The van der Waals surface area contributed by atoms with Crippen molar-refractivity contribution in [3.05, 3.63) is 42.0 Å². The van der Waals surface area contributed by atoms with Crippen LogP contribution in [0.15, 0.2) is 36.4 Å². The minimum atomic E-state index is 0.238. The van der Waals surface area contributed by atoms with Gasteiger partial charge in [-0.05, 0) is 59.5 Å². The van der Waals surface area contributed by atoms with Gasteiger partial charge >= 0.3 is 0 Å². The van der Waals surface area contributed by atoms with Gasteiger partial charge < -0.3 is 14.8 Å². The van der Waals surface area contributed by atoms with Gasteiger partial charge in [-0.15, -0.1) is 14.8 Å². The Kier molecular flexibility index (Phi) is 4.80. The third-order valence-electron chi connectivity index (χ3n) is 4.12. The summed E-state index contributed by atoms with van der Waals surface area (Å²) in [5.74, 6) is 0.675. The maximum Gasteiger partial charge on any atom is 0.200 e. The Labute approximate surface area is 145 Å². The SMILES string of the molecule is c1cc(COC[C@@H]2CCCCO2)cc(Nc2ccc3nnnn3n2)c1. The second kappa shape index (κ2) is 7.54. The summed E-state index contributed by atoms with van der Waals surface area (Å²) >= 11 is 0. The van der Waals surface area contributed by atoms with E-state index in [1.165, 1.54) is 11.1 Å². The van der Waals surface area contributed by atoms with E-state index < -0.39 is 0 Å². The van der Waals surface area contributed by atoms with Crippen LogP contribution in [0.2, 0.25) is 0 Å². The first kappa shape index (κ1) is 15.9. The van der Waals surface area contributed by atoms with Crippen molar-refractivity contribution in [1.82, 2.24) is 25.3 Å². The largest absolute Gasteiger partial charge is 0.376 e. The topological polar surface area (TPSA) is 86.5 Å². The number of anilines is 2. The lowest BCUT2D eigenvalue weighted by atomic mass is 10.1. The lowest BCUT2D eigenvalue weighted by molar-refractivity contribution is -0.0447. The van der Waals surface area contributed by atoms with Gasteiger partial charge in [0.2, 0.25) is 0 Å². The van der Waals surface area contributed by atoms with Gasteiger partial charge in [-0.1, -0.05) is 12.1 Å². The molecule has 1 aliphatic heterocycles. The van der Waals surface area contributed by atoms with E-state index >= 15 is 0 Å². The Morgan fingerprint density at radius 1 is 1.24 bits per heavy atom. The van der Waals surface area contributed by atoms with Crippen LogP contribution in [-0.4, -0.2) is 44.6 Å². The van der Waals surface area contributed by atoms with E-state index in [1.54, 1.807) is 0 Å². The van der Waals surface area contributed by atoms with Crippen LogP contribution in [0.1, 0.15) is 24.8 Å². The predicted molar refractivity (Wildman–Crippen MR) is 91.5 cm³/mol. The molecule has 1 fully saturated rings. The zero-order valence-corrected chi connectivity index (χ0v) is 13.8. The molecule has 1 N–H and O–H groups in total. The van der Waals surface area contributed by atoms with Gasteiger partial charge in [-0.3, -0.25) is 0 Å². The fourth-order valence-electron chi connectivity index (χ4n) is 2.85. The second-order valence-electron chi connectivity index (χ2n) is 6.07. The molecule has 8 nitrogen and oxygen atoms in total. The van der Waals surface area contributed by atoms with E-state index in [1.807, 2.05) is 36.4 Å². The van der Waals surface area contributed by atoms with Crippen LogP contribution < -0.4 is 5.32 Å². The maximum absolute atomic E-state index is 5.81. The van der Waals surface area contributed by atoms with Crippen molar-refractivity contribution < 1.29 is 9.47 Å². The van der Waals surface area contributed by atoms with Crippen molar-refractivity contribution in [3.8, 4) is 0 Å². The van der Waals surface area contributed by atoms with E-state index in [0.29, 0.717) is 24.7 Å². The first-order valence-electron chi connectivity index (χ1n) is 8.47. The van der Waals surface area contributed by atoms with Gasteiger partial charge in [0.1, 0.15) is 0 Å². The molecule has 2 aromatic heterocycles. The molecule has 8 heteroatoms. The van der Waals surface area contributed by atoms with E-state index in [0.717, 1.165) is 30.7 Å². The van der Waals surface area contributed by atoms with E-state index in [-0.39, 0.29) is 6.10 Å². The van der Waals surface area contributed by atoms with Crippen LogP contribution in [0.25, 0.3) is 5.65 Å². The third kappa shape index (κ3) is 4.09. The van der Waals surface area contributed by atoms with Crippen molar-refractivity contribution in [2.45, 2.75) is 32.0 Å². The lowest BCUT2D eigenvalue weighted by Crippen LogP contribution is -2.24. The molecular formula is C17H20N6O2. The minimum absolute atomic E-state index is 0.238. The van der Waals surface area contributed by atoms with Crippen molar-refractivity contribution in [3.63, 3.8) is 0 Å². The maximum atomic E-state index is 5.81. The summed E-state index contributed by atoms with van der Waals surface area (Å²) in [6.45, 7) is 2.07. The number of fused-ring (bicyclic) bond motifs is 1.